The smallest absolute Gasteiger partial charge is 0.486 e. The number of carboxylic acid groups (broad SMARTS) is 1. The monoisotopic (exact) mass is 585 g/mol. The molecule has 0 aliphatic rings. The molecule has 0 saturated carbocycles. The summed E-state index contributed by atoms with van der Waals surface area (Å²) in [6.45, 7) is 7.53. The summed E-state index contributed by atoms with van der Waals surface area (Å²) in [5.74, 6) is -2.44. The number of carboxylic acids is 1. The van der Waals surface area contributed by atoms with Gasteiger partial charge in [0, 0.05) is 29.4 Å². The van der Waals surface area contributed by atoms with Crippen LogP contribution in [0.15, 0.2) is 36.5 Å². The fourth-order valence-corrected chi connectivity index (χ4v) is 4.43. The lowest BCUT2D eigenvalue weighted by Gasteiger charge is -2.30. The minimum atomic E-state index is -5.08. The van der Waals surface area contributed by atoms with Crippen LogP contribution in [-0.4, -0.2) is 53.4 Å². The molecule has 2 N–H and O–H groups in total. The highest BCUT2D eigenvalue weighted by molar-refractivity contribution is 6.40. The van der Waals surface area contributed by atoms with Gasteiger partial charge in [0.15, 0.2) is 16.5 Å². The van der Waals surface area contributed by atoms with E-state index in [1.807, 2.05) is 39.8 Å². The van der Waals surface area contributed by atoms with E-state index in [0.717, 1.165) is 5.69 Å². The maximum atomic E-state index is 12.2. The second-order valence-electron chi connectivity index (χ2n) is 8.79. The number of aliphatic hydroxyl groups is 1. The van der Waals surface area contributed by atoms with E-state index in [-0.39, 0.29) is 11.3 Å². The largest absolute Gasteiger partial charge is 0.490 e. The predicted octanol–water partition coefficient (Wildman–Crippen LogP) is 5.39. The minimum absolute atomic E-state index is 0.133. The Labute approximate surface area is 231 Å². The van der Waals surface area contributed by atoms with Gasteiger partial charge in [-0.05, 0) is 51.5 Å². The number of nitrogens with zero attached hydrogens (tertiary/aromatic N) is 5. The molecule has 0 aliphatic heterocycles. The Morgan fingerprint density at radius 3 is 2.26 bits per heavy atom. The van der Waals surface area contributed by atoms with Crippen molar-refractivity contribution in [1.82, 2.24) is 25.0 Å². The molecule has 14 heteroatoms. The van der Waals surface area contributed by atoms with Crippen molar-refractivity contribution in [2.75, 3.05) is 0 Å². The maximum absolute atomic E-state index is 12.2. The second-order valence-corrected chi connectivity index (χ2v) is 9.52. The number of rotatable bonds is 5. The third-order valence-corrected chi connectivity index (χ3v) is 6.18. The molecule has 0 spiro atoms. The van der Waals surface area contributed by atoms with Crippen LogP contribution in [0.2, 0.25) is 10.2 Å². The first-order valence-electron chi connectivity index (χ1n) is 11.4. The van der Waals surface area contributed by atoms with Gasteiger partial charge in [-0.2, -0.15) is 13.2 Å². The number of alkyl halides is 3. The van der Waals surface area contributed by atoms with Gasteiger partial charge in [-0.25, -0.2) is 14.5 Å². The van der Waals surface area contributed by atoms with E-state index < -0.39 is 17.7 Å². The van der Waals surface area contributed by atoms with E-state index in [1.54, 1.807) is 36.1 Å². The average molecular weight is 586 g/mol. The number of aromatic nitrogens is 5. The summed E-state index contributed by atoms with van der Waals surface area (Å²) in [7, 11) is 1.73. The molecule has 3 aromatic heterocycles. The molecule has 4 aromatic rings. The predicted molar refractivity (Wildman–Crippen MR) is 138 cm³/mol. The van der Waals surface area contributed by atoms with Crippen LogP contribution in [-0.2, 0) is 17.4 Å². The van der Waals surface area contributed by atoms with Crippen molar-refractivity contribution in [1.29, 1.82) is 0 Å². The number of aryl methyl sites for hydroxylation is 3. The lowest BCUT2D eigenvalue weighted by Crippen LogP contribution is -2.32. The highest BCUT2D eigenvalue weighted by Gasteiger charge is 2.39. The fraction of sp³-hybridized carbons (Fsp3) is 0.320. The number of halogens is 5. The molecule has 0 radical (unpaired) electrons. The van der Waals surface area contributed by atoms with Crippen molar-refractivity contribution in [2.24, 2.45) is 7.05 Å². The lowest BCUT2D eigenvalue weighted by molar-refractivity contribution is -0.192. The quantitative estimate of drug-likeness (QED) is 0.299. The van der Waals surface area contributed by atoms with Gasteiger partial charge in [0.1, 0.15) is 0 Å². The summed E-state index contributed by atoms with van der Waals surface area (Å²) in [6, 6.07) is 9.08. The Bertz CT molecular complexity index is 1530. The maximum Gasteiger partial charge on any atom is 0.490 e. The summed E-state index contributed by atoms with van der Waals surface area (Å²) >= 11 is 13.0. The van der Waals surface area contributed by atoms with E-state index >= 15 is 0 Å². The third kappa shape index (κ3) is 6.23. The van der Waals surface area contributed by atoms with E-state index in [0.29, 0.717) is 44.2 Å². The Balaban J connectivity index is 0.000000532. The van der Waals surface area contributed by atoms with Crippen molar-refractivity contribution < 1.29 is 32.9 Å². The standard InChI is InChI=1S/C23H23Cl2N5O2.C2HF3O2/c1-12(2)32-21-20(24)16-10-15(7-9-18(16)28-22(21)25)23(31,19-11-26-29-30(19)5)17-8-6-13(3)27-14(17)4;3-2(4,5)1(6)7/h6-12,31H,1-5H3;(H,6,7). The van der Waals surface area contributed by atoms with Crippen LogP contribution in [0.4, 0.5) is 13.2 Å². The first kappa shape index (κ1) is 30.1. The molecule has 0 bridgehead atoms. The first-order valence-corrected chi connectivity index (χ1v) is 12.1. The number of benzene rings is 1. The van der Waals surface area contributed by atoms with E-state index in [9.17, 15) is 18.3 Å². The lowest BCUT2D eigenvalue weighted by atomic mass is 9.82. The molecule has 4 rings (SSSR count). The Morgan fingerprint density at radius 2 is 1.74 bits per heavy atom. The van der Waals surface area contributed by atoms with Gasteiger partial charge in [0.25, 0.3) is 0 Å². The second kappa shape index (κ2) is 11.3. The molecule has 1 atom stereocenters. The Hall–Kier alpha value is -3.48. The molecule has 1 aromatic carbocycles. The molecule has 0 fully saturated rings. The van der Waals surface area contributed by atoms with Crippen LogP contribution in [0.5, 0.6) is 5.75 Å². The zero-order valence-corrected chi connectivity index (χ0v) is 22.9. The molecule has 1 unspecified atom stereocenters. The van der Waals surface area contributed by atoms with E-state index in [4.69, 9.17) is 37.8 Å². The average Bonchev–Trinajstić information content (AvgIpc) is 3.27. The van der Waals surface area contributed by atoms with Crippen LogP contribution in [0.3, 0.4) is 0 Å². The Morgan fingerprint density at radius 1 is 1.10 bits per heavy atom. The Kier molecular flexibility index (Phi) is 8.73. The number of pyridine rings is 2. The number of hydrogen-bond donors (Lipinski definition) is 2. The summed E-state index contributed by atoms with van der Waals surface area (Å²) < 4.78 is 39.1. The van der Waals surface area contributed by atoms with Crippen molar-refractivity contribution in [2.45, 2.75) is 45.6 Å². The van der Waals surface area contributed by atoms with E-state index in [1.165, 1.54) is 0 Å². The molecule has 208 valence electrons. The van der Waals surface area contributed by atoms with Crippen LogP contribution in [0, 0.1) is 13.8 Å². The number of ether oxygens (including phenoxy) is 1. The molecule has 39 heavy (non-hydrogen) atoms. The van der Waals surface area contributed by atoms with Gasteiger partial charge in [0.2, 0.25) is 0 Å². The van der Waals surface area contributed by atoms with Crippen LogP contribution in [0.25, 0.3) is 10.9 Å². The topological polar surface area (TPSA) is 123 Å². The molecule has 9 nitrogen and oxygen atoms in total. The normalized spacial score (nSPS) is 13.1. The molecule has 0 aliphatic carbocycles. The number of carbonyl (C=O) groups is 1. The van der Waals surface area contributed by atoms with Crippen molar-refractivity contribution in [3.8, 4) is 5.75 Å². The van der Waals surface area contributed by atoms with Crippen LogP contribution < -0.4 is 4.74 Å². The summed E-state index contributed by atoms with van der Waals surface area (Å²) in [6.07, 6.45) is -3.68. The number of fused-ring (bicyclic) bond motifs is 1. The number of hydrogen-bond acceptors (Lipinski definition) is 7. The molecule has 3 heterocycles. The van der Waals surface area contributed by atoms with Crippen molar-refractivity contribution in [3.63, 3.8) is 0 Å². The first-order chi connectivity index (χ1) is 18.1. The van der Waals surface area contributed by atoms with Gasteiger partial charge in [-0.3, -0.25) is 4.98 Å². The zero-order chi connectivity index (χ0) is 29.3. The molecular formula is C25H24Cl2F3N5O4. The van der Waals surface area contributed by atoms with Crippen LogP contribution >= 0.6 is 23.2 Å². The summed E-state index contributed by atoms with van der Waals surface area (Å²) in [5.41, 5.74) is 2.21. The van der Waals surface area contributed by atoms with Gasteiger partial charge >= 0.3 is 12.1 Å². The van der Waals surface area contributed by atoms with Gasteiger partial charge in [-0.1, -0.05) is 40.5 Å². The summed E-state index contributed by atoms with van der Waals surface area (Å²) in [4.78, 5) is 17.9. The van der Waals surface area contributed by atoms with Crippen LogP contribution in [0.1, 0.15) is 42.1 Å². The van der Waals surface area contributed by atoms with Gasteiger partial charge in [0.05, 0.1) is 28.5 Å². The van der Waals surface area contributed by atoms with Crippen molar-refractivity contribution in [3.05, 3.63) is 74.9 Å². The highest BCUT2D eigenvalue weighted by atomic mass is 35.5. The zero-order valence-electron chi connectivity index (χ0n) is 21.4. The molecular weight excluding hydrogens is 562 g/mol. The molecule has 0 amide bonds. The summed E-state index contributed by atoms with van der Waals surface area (Å²) in [5, 5.41) is 28.5. The van der Waals surface area contributed by atoms with Gasteiger partial charge < -0.3 is 14.9 Å². The minimum Gasteiger partial charge on any atom is -0.486 e. The van der Waals surface area contributed by atoms with Gasteiger partial charge in [-0.15, -0.1) is 5.10 Å². The SMILES string of the molecule is Cc1ccc(C(O)(c2ccc3nc(Cl)c(OC(C)C)c(Cl)c3c2)c2cnnn2C)c(C)n1.O=C(O)C(F)(F)F. The van der Waals surface area contributed by atoms with E-state index in [2.05, 4.69) is 20.3 Å². The highest BCUT2D eigenvalue weighted by Crippen LogP contribution is 2.42. The molecule has 0 saturated heterocycles. The number of aliphatic carboxylic acids is 1. The fourth-order valence-electron chi connectivity index (χ4n) is 3.87. The third-order valence-electron chi connectivity index (χ3n) is 5.55. The van der Waals surface area contributed by atoms with Crippen molar-refractivity contribution >= 4 is 40.1 Å².